The van der Waals surface area contributed by atoms with Crippen molar-refractivity contribution >= 4 is 39.9 Å². The van der Waals surface area contributed by atoms with Crippen molar-refractivity contribution in [2.24, 2.45) is 0 Å². The van der Waals surface area contributed by atoms with Gasteiger partial charge in [0.2, 0.25) is 0 Å². The maximum absolute atomic E-state index is 12.8. The van der Waals surface area contributed by atoms with E-state index in [4.69, 9.17) is 0 Å². The fourth-order valence-electron chi connectivity index (χ4n) is 2.84. The van der Waals surface area contributed by atoms with Crippen molar-refractivity contribution in [2.45, 2.75) is 12.5 Å². The predicted octanol–water partition coefficient (Wildman–Crippen LogP) is 4.66. The Kier molecular flexibility index (Phi) is 3.41. The van der Waals surface area contributed by atoms with E-state index in [0.717, 1.165) is 18.5 Å². The summed E-state index contributed by atoms with van der Waals surface area (Å²) in [7, 11) is 0. The van der Waals surface area contributed by atoms with E-state index in [2.05, 4.69) is 29.0 Å². The second-order valence-corrected chi connectivity index (χ2v) is 7.74. The molecule has 2 nitrogen and oxygen atoms in total. The van der Waals surface area contributed by atoms with Crippen LogP contribution in [0.4, 0.5) is 0 Å². The maximum Gasteiger partial charge on any atom is 0.255 e. The number of fused-ring (bicyclic) bond motifs is 1. The first-order chi connectivity index (χ1) is 10.3. The minimum absolute atomic E-state index is 0.0763. The molecule has 3 aromatic heterocycles. The average Bonchev–Trinajstić information content (AvgIpc) is 3.25. The van der Waals surface area contributed by atoms with Crippen LogP contribution in [0.15, 0.2) is 45.8 Å². The Bertz CT molecular complexity index is 742. The molecule has 0 spiro atoms. The molecule has 0 aliphatic carbocycles. The van der Waals surface area contributed by atoms with Crippen LogP contribution in [0.25, 0.3) is 0 Å². The summed E-state index contributed by atoms with van der Waals surface area (Å²) in [6.07, 6.45) is 0.963. The molecular weight excluding hydrogens is 318 g/mol. The molecule has 1 aliphatic heterocycles. The van der Waals surface area contributed by atoms with Crippen molar-refractivity contribution < 1.29 is 4.79 Å². The first-order valence-corrected chi connectivity index (χ1v) is 9.47. The molecule has 4 heterocycles. The van der Waals surface area contributed by atoms with Crippen molar-refractivity contribution in [3.8, 4) is 0 Å². The smallest absolute Gasteiger partial charge is 0.255 e. The molecule has 1 aliphatic rings. The van der Waals surface area contributed by atoms with Crippen LogP contribution in [0.2, 0.25) is 0 Å². The van der Waals surface area contributed by atoms with Crippen LogP contribution in [-0.2, 0) is 6.42 Å². The summed E-state index contributed by atoms with van der Waals surface area (Å²) in [5.41, 5.74) is 2.11. The first kappa shape index (κ1) is 13.2. The Morgan fingerprint density at radius 2 is 2.10 bits per heavy atom. The lowest BCUT2D eigenvalue weighted by molar-refractivity contribution is 0.0699. The molecule has 21 heavy (non-hydrogen) atoms. The second kappa shape index (κ2) is 5.40. The van der Waals surface area contributed by atoms with E-state index >= 15 is 0 Å². The lowest BCUT2D eigenvalue weighted by Gasteiger charge is -2.35. The molecule has 0 saturated heterocycles. The molecule has 1 atom stereocenters. The zero-order valence-corrected chi connectivity index (χ0v) is 13.6. The fraction of sp³-hybridized carbons (Fsp3) is 0.188. The van der Waals surface area contributed by atoms with Crippen LogP contribution >= 0.6 is 34.0 Å². The molecule has 5 heteroatoms. The van der Waals surface area contributed by atoms with Crippen molar-refractivity contribution in [3.05, 3.63) is 66.7 Å². The second-order valence-electron chi connectivity index (χ2n) is 4.98. The van der Waals surface area contributed by atoms with Crippen LogP contribution in [-0.4, -0.2) is 17.4 Å². The Morgan fingerprint density at radius 1 is 1.14 bits per heavy atom. The lowest BCUT2D eigenvalue weighted by Crippen LogP contribution is -2.39. The van der Waals surface area contributed by atoms with Gasteiger partial charge in [0.25, 0.3) is 5.91 Å². The van der Waals surface area contributed by atoms with E-state index in [9.17, 15) is 4.79 Å². The zero-order chi connectivity index (χ0) is 14.2. The average molecular weight is 331 g/mol. The number of rotatable bonds is 2. The highest BCUT2D eigenvalue weighted by Gasteiger charge is 2.33. The SMILES string of the molecule is O=C(c1ccsc1)N1CCc2sccc2C1c1cccs1. The van der Waals surface area contributed by atoms with Gasteiger partial charge in [-0.05, 0) is 46.3 Å². The van der Waals surface area contributed by atoms with Crippen LogP contribution in [0.3, 0.4) is 0 Å². The van der Waals surface area contributed by atoms with Gasteiger partial charge in [0.15, 0.2) is 0 Å². The van der Waals surface area contributed by atoms with Gasteiger partial charge in [-0.2, -0.15) is 11.3 Å². The van der Waals surface area contributed by atoms with Crippen molar-refractivity contribution in [1.29, 1.82) is 0 Å². The molecular formula is C16H13NOS3. The van der Waals surface area contributed by atoms with E-state index in [1.165, 1.54) is 15.3 Å². The first-order valence-electron chi connectivity index (χ1n) is 6.77. The van der Waals surface area contributed by atoms with E-state index in [-0.39, 0.29) is 11.9 Å². The van der Waals surface area contributed by atoms with Gasteiger partial charge in [-0.25, -0.2) is 0 Å². The van der Waals surface area contributed by atoms with Gasteiger partial charge in [-0.1, -0.05) is 6.07 Å². The molecule has 0 aromatic carbocycles. The number of nitrogens with zero attached hydrogens (tertiary/aromatic N) is 1. The van der Waals surface area contributed by atoms with Crippen LogP contribution in [0.1, 0.15) is 31.7 Å². The third kappa shape index (κ3) is 2.25. The highest BCUT2D eigenvalue weighted by atomic mass is 32.1. The van der Waals surface area contributed by atoms with Gasteiger partial charge in [0.1, 0.15) is 0 Å². The number of hydrogen-bond donors (Lipinski definition) is 0. The van der Waals surface area contributed by atoms with Crippen molar-refractivity contribution in [3.63, 3.8) is 0 Å². The topological polar surface area (TPSA) is 20.3 Å². The van der Waals surface area contributed by atoms with Gasteiger partial charge in [-0.3, -0.25) is 4.79 Å². The van der Waals surface area contributed by atoms with Crippen molar-refractivity contribution in [2.75, 3.05) is 6.54 Å². The molecule has 1 amide bonds. The molecule has 0 saturated carbocycles. The summed E-state index contributed by atoms with van der Waals surface area (Å²) >= 11 is 5.11. The van der Waals surface area contributed by atoms with Gasteiger partial charge in [-0.15, -0.1) is 22.7 Å². The summed E-state index contributed by atoms with van der Waals surface area (Å²) in [5.74, 6) is 0.145. The largest absolute Gasteiger partial charge is 0.326 e. The maximum atomic E-state index is 12.8. The van der Waals surface area contributed by atoms with Crippen LogP contribution in [0, 0.1) is 0 Å². The predicted molar refractivity (Wildman–Crippen MR) is 89.5 cm³/mol. The third-order valence-corrected chi connectivity index (χ3v) is 6.41. The van der Waals surface area contributed by atoms with Gasteiger partial charge in [0, 0.05) is 21.7 Å². The van der Waals surface area contributed by atoms with E-state index in [0.29, 0.717) is 0 Å². The highest BCUT2D eigenvalue weighted by Crippen LogP contribution is 2.40. The van der Waals surface area contributed by atoms with Gasteiger partial charge >= 0.3 is 0 Å². The zero-order valence-electron chi connectivity index (χ0n) is 11.2. The number of hydrogen-bond acceptors (Lipinski definition) is 4. The standard InChI is InChI=1S/C16H13NOS3/c18-16(11-4-8-19-10-11)17-6-3-13-12(5-9-21-13)15(17)14-2-1-7-20-14/h1-2,4-5,7-10,15H,3,6H2. The number of amides is 1. The molecule has 106 valence electrons. The quantitative estimate of drug-likeness (QED) is 0.669. The molecule has 0 N–H and O–H groups in total. The van der Waals surface area contributed by atoms with E-state index in [1.807, 2.05) is 21.7 Å². The van der Waals surface area contributed by atoms with Crippen LogP contribution < -0.4 is 0 Å². The van der Waals surface area contributed by atoms with E-state index < -0.39 is 0 Å². The molecule has 3 aromatic rings. The Hall–Kier alpha value is -1.43. The monoisotopic (exact) mass is 331 g/mol. The number of thiophene rings is 3. The molecule has 4 rings (SSSR count). The minimum Gasteiger partial charge on any atom is -0.326 e. The molecule has 0 radical (unpaired) electrons. The summed E-state index contributed by atoms with van der Waals surface area (Å²) in [5, 5.41) is 8.14. The number of carbonyl (C=O) groups is 1. The van der Waals surface area contributed by atoms with Gasteiger partial charge < -0.3 is 4.90 Å². The summed E-state index contributed by atoms with van der Waals surface area (Å²) in [4.78, 5) is 17.5. The Balaban J connectivity index is 1.78. The summed E-state index contributed by atoms with van der Waals surface area (Å²) in [6.45, 7) is 0.796. The normalized spacial score (nSPS) is 17.7. The summed E-state index contributed by atoms with van der Waals surface area (Å²) < 4.78 is 0. The number of carbonyl (C=O) groups excluding carboxylic acids is 1. The third-order valence-electron chi connectivity index (χ3n) is 3.81. The Morgan fingerprint density at radius 3 is 2.86 bits per heavy atom. The lowest BCUT2D eigenvalue weighted by atomic mass is 9.98. The molecule has 0 fully saturated rings. The fourth-order valence-corrected chi connectivity index (χ4v) is 5.23. The molecule has 0 bridgehead atoms. The van der Waals surface area contributed by atoms with Crippen molar-refractivity contribution in [1.82, 2.24) is 4.90 Å². The highest BCUT2D eigenvalue weighted by molar-refractivity contribution is 7.10. The van der Waals surface area contributed by atoms with Crippen LogP contribution in [0.5, 0.6) is 0 Å². The van der Waals surface area contributed by atoms with E-state index in [1.54, 1.807) is 34.0 Å². The summed E-state index contributed by atoms with van der Waals surface area (Å²) in [6, 6.07) is 8.37. The minimum atomic E-state index is 0.0763. The molecule has 1 unspecified atom stereocenters. The van der Waals surface area contributed by atoms with Gasteiger partial charge in [0.05, 0.1) is 11.6 Å². The Labute approximate surface area is 135 Å².